The molecule has 2 rings (SSSR count). The van der Waals surface area contributed by atoms with Crippen molar-refractivity contribution >= 4 is 10.9 Å². The van der Waals surface area contributed by atoms with Crippen molar-refractivity contribution in [2.75, 3.05) is 0 Å². The van der Waals surface area contributed by atoms with Crippen molar-refractivity contribution in [3.8, 4) is 0 Å². The fourth-order valence-electron chi connectivity index (χ4n) is 2.01. The van der Waals surface area contributed by atoms with Crippen molar-refractivity contribution < 1.29 is 0 Å². The van der Waals surface area contributed by atoms with Gasteiger partial charge in [0.05, 0.1) is 10.9 Å². The molecule has 1 atom stereocenters. The predicted molar refractivity (Wildman–Crippen MR) is 69.1 cm³/mol. The van der Waals surface area contributed by atoms with E-state index in [-0.39, 0.29) is 11.6 Å². The highest BCUT2D eigenvalue weighted by atomic mass is 16.1. The van der Waals surface area contributed by atoms with E-state index in [0.29, 0.717) is 11.2 Å². The van der Waals surface area contributed by atoms with E-state index >= 15 is 0 Å². The summed E-state index contributed by atoms with van der Waals surface area (Å²) < 4.78 is 1.56. The van der Waals surface area contributed by atoms with Crippen molar-refractivity contribution in [1.82, 2.24) is 9.55 Å². The summed E-state index contributed by atoms with van der Waals surface area (Å²) in [6.07, 6.45) is 0. The average Bonchev–Trinajstić information content (AvgIpc) is 2.26. The molecule has 4 heteroatoms. The summed E-state index contributed by atoms with van der Waals surface area (Å²) in [6.45, 7) is 5.69. The summed E-state index contributed by atoms with van der Waals surface area (Å²) >= 11 is 0. The average molecular weight is 231 g/mol. The van der Waals surface area contributed by atoms with E-state index in [2.05, 4.69) is 4.98 Å². The second-order valence-electron chi connectivity index (χ2n) is 4.56. The molecule has 0 saturated carbocycles. The van der Waals surface area contributed by atoms with E-state index < -0.39 is 0 Å². The van der Waals surface area contributed by atoms with Gasteiger partial charge in [0, 0.05) is 13.1 Å². The van der Waals surface area contributed by atoms with Gasteiger partial charge < -0.3 is 5.73 Å². The number of nitrogens with two attached hydrogens (primary N) is 1. The normalized spacial score (nSPS) is 13.0. The molecule has 0 aliphatic rings. The van der Waals surface area contributed by atoms with E-state index in [0.717, 1.165) is 16.6 Å². The summed E-state index contributed by atoms with van der Waals surface area (Å²) in [7, 11) is 1.73. The quantitative estimate of drug-likeness (QED) is 0.810. The Morgan fingerprint density at radius 2 is 2.00 bits per heavy atom. The van der Waals surface area contributed by atoms with Crippen LogP contribution in [0.1, 0.15) is 29.9 Å². The number of aromatic nitrogens is 2. The number of fused-ring (bicyclic) bond motifs is 1. The third-order valence-corrected chi connectivity index (χ3v) is 3.07. The molecule has 2 N–H and O–H groups in total. The summed E-state index contributed by atoms with van der Waals surface area (Å²) in [6, 6.07) is 3.74. The van der Waals surface area contributed by atoms with Crippen LogP contribution in [-0.4, -0.2) is 9.55 Å². The first kappa shape index (κ1) is 11.8. The lowest BCUT2D eigenvalue weighted by atomic mass is 10.0. The molecule has 0 aliphatic heterocycles. The minimum atomic E-state index is -0.128. The maximum Gasteiger partial charge on any atom is 0.261 e. The number of rotatable bonds is 1. The van der Waals surface area contributed by atoms with Gasteiger partial charge in [0.1, 0.15) is 5.82 Å². The lowest BCUT2D eigenvalue weighted by Gasteiger charge is -2.12. The molecule has 0 amide bonds. The van der Waals surface area contributed by atoms with Crippen LogP contribution >= 0.6 is 0 Å². The molecule has 1 aromatic heterocycles. The van der Waals surface area contributed by atoms with Gasteiger partial charge in [0.25, 0.3) is 5.56 Å². The molecule has 0 saturated heterocycles. The number of aryl methyl sites for hydroxylation is 2. The van der Waals surface area contributed by atoms with E-state index in [1.807, 2.05) is 32.9 Å². The molecule has 17 heavy (non-hydrogen) atoms. The van der Waals surface area contributed by atoms with Crippen LogP contribution in [0.25, 0.3) is 10.9 Å². The second kappa shape index (κ2) is 3.96. The monoisotopic (exact) mass is 231 g/mol. The van der Waals surface area contributed by atoms with Gasteiger partial charge >= 0.3 is 0 Å². The number of hydrogen-bond acceptors (Lipinski definition) is 3. The lowest BCUT2D eigenvalue weighted by Crippen LogP contribution is -2.22. The third kappa shape index (κ3) is 1.85. The lowest BCUT2D eigenvalue weighted by molar-refractivity contribution is 0.781. The Balaban J connectivity index is 3.00. The molecule has 0 bridgehead atoms. The highest BCUT2D eigenvalue weighted by Crippen LogP contribution is 2.21. The van der Waals surface area contributed by atoms with Gasteiger partial charge in [-0.15, -0.1) is 0 Å². The van der Waals surface area contributed by atoms with Gasteiger partial charge in [-0.3, -0.25) is 9.36 Å². The zero-order valence-corrected chi connectivity index (χ0v) is 10.6. The van der Waals surface area contributed by atoms with Crippen molar-refractivity contribution in [3.05, 3.63) is 39.4 Å². The molecule has 4 nitrogen and oxygen atoms in total. The van der Waals surface area contributed by atoms with Gasteiger partial charge in [-0.1, -0.05) is 6.07 Å². The first-order chi connectivity index (χ1) is 7.91. The van der Waals surface area contributed by atoms with E-state index in [4.69, 9.17) is 5.73 Å². The Bertz CT molecular complexity index is 641. The van der Waals surface area contributed by atoms with Crippen LogP contribution in [0, 0.1) is 13.8 Å². The molecule has 0 radical (unpaired) electrons. The Hall–Kier alpha value is -1.68. The Labute approximate surface area is 100 Å². The van der Waals surface area contributed by atoms with Gasteiger partial charge in [0.2, 0.25) is 0 Å². The van der Waals surface area contributed by atoms with Gasteiger partial charge in [-0.25, -0.2) is 4.98 Å². The van der Waals surface area contributed by atoms with Crippen LogP contribution < -0.4 is 11.3 Å². The van der Waals surface area contributed by atoms with Gasteiger partial charge in [0.15, 0.2) is 0 Å². The molecule has 2 aromatic rings. The van der Waals surface area contributed by atoms with Crippen molar-refractivity contribution in [2.24, 2.45) is 12.8 Å². The molecule has 1 heterocycles. The van der Waals surface area contributed by atoms with Crippen LogP contribution in [0.5, 0.6) is 0 Å². The SMILES string of the molecule is Cc1cc([C@@H](C)N)c2nc(C)n(C)c(=O)c2c1. The molecule has 0 unspecified atom stereocenters. The first-order valence-electron chi connectivity index (χ1n) is 5.65. The Morgan fingerprint density at radius 1 is 1.35 bits per heavy atom. The van der Waals surface area contributed by atoms with Crippen LogP contribution in [-0.2, 0) is 7.05 Å². The Kier molecular flexibility index (Phi) is 2.75. The van der Waals surface area contributed by atoms with Gasteiger partial charge in [-0.05, 0) is 38.0 Å². The molecule has 0 spiro atoms. The standard InChI is InChI=1S/C13H17N3O/c1-7-5-10(8(2)14)12-11(6-7)13(17)16(4)9(3)15-12/h5-6,8H,14H2,1-4H3/t8-/m1/s1. The highest BCUT2D eigenvalue weighted by Gasteiger charge is 2.12. The summed E-state index contributed by atoms with van der Waals surface area (Å²) in [5, 5.41) is 0.644. The molecular weight excluding hydrogens is 214 g/mol. The van der Waals surface area contributed by atoms with E-state index in [1.54, 1.807) is 11.6 Å². The topological polar surface area (TPSA) is 60.9 Å². The smallest absolute Gasteiger partial charge is 0.261 e. The van der Waals surface area contributed by atoms with Crippen molar-refractivity contribution in [2.45, 2.75) is 26.8 Å². The maximum atomic E-state index is 12.2. The highest BCUT2D eigenvalue weighted by molar-refractivity contribution is 5.82. The summed E-state index contributed by atoms with van der Waals surface area (Å²) in [5.74, 6) is 0.702. The van der Waals surface area contributed by atoms with Crippen LogP contribution in [0.3, 0.4) is 0 Å². The number of nitrogens with zero attached hydrogens (tertiary/aromatic N) is 2. The van der Waals surface area contributed by atoms with Crippen molar-refractivity contribution in [1.29, 1.82) is 0 Å². The zero-order valence-electron chi connectivity index (χ0n) is 10.6. The molecule has 1 aromatic carbocycles. The fourth-order valence-corrected chi connectivity index (χ4v) is 2.01. The van der Waals surface area contributed by atoms with E-state index in [9.17, 15) is 4.79 Å². The zero-order chi connectivity index (χ0) is 12.7. The van der Waals surface area contributed by atoms with Gasteiger partial charge in [-0.2, -0.15) is 0 Å². The molecule has 0 aliphatic carbocycles. The fraction of sp³-hybridized carbons (Fsp3) is 0.385. The minimum Gasteiger partial charge on any atom is -0.324 e. The molecular formula is C13H17N3O. The van der Waals surface area contributed by atoms with Crippen LogP contribution in [0.4, 0.5) is 0 Å². The number of benzene rings is 1. The Morgan fingerprint density at radius 3 is 2.59 bits per heavy atom. The summed E-state index contributed by atoms with van der Waals surface area (Å²) in [4.78, 5) is 16.6. The molecule has 90 valence electrons. The first-order valence-corrected chi connectivity index (χ1v) is 5.65. The van der Waals surface area contributed by atoms with E-state index in [1.165, 1.54) is 0 Å². The second-order valence-corrected chi connectivity index (χ2v) is 4.56. The maximum absolute atomic E-state index is 12.2. The minimum absolute atomic E-state index is 0.0156. The molecule has 0 fully saturated rings. The summed E-state index contributed by atoms with van der Waals surface area (Å²) in [5.41, 5.74) is 8.62. The third-order valence-electron chi connectivity index (χ3n) is 3.07. The van der Waals surface area contributed by atoms with Crippen LogP contribution in [0.2, 0.25) is 0 Å². The predicted octanol–water partition coefficient (Wildman–Crippen LogP) is 1.57. The van der Waals surface area contributed by atoms with Crippen LogP contribution in [0.15, 0.2) is 16.9 Å². The number of hydrogen-bond donors (Lipinski definition) is 1. The van der Waals surface area contributed by atoms with Crippen molar-refractivity contribution in [3.63, 3.8) is 0 Å². The largest absolute Gasteiger partial charge is 0.324 e.